The van der Waals surface area contributed by atoms with Gasteiger partial charge in [0.2, 0.25) is 0 Å². The maximum atomic E-state index is 6.10. The second kappa shape index (κ2) is 6.18. The monoisotopic (exact) mass is 286 g/mol. The number of halogens is 1. The fourth-order valence-corrected chi connectivity index (χ4v) is 2.91. The predicted octanol–water partition coefficient (Wildman–Crippen LogP) is 3.31. The third-order valence-corrected chi connectivity index (χ3v) is 4.16. The van der Waals surface area contributed by atoms with Crippen molar-refractivity contribution in [1.82, 2.24) is 15.2 Å². The molecule has 0 saturated heterocycles. The van der Waals surface area contributed by atoms with E-state index < -0.39 is 0 Å². The number of aromatic nitrogens is 3. The summed E-state index contributed by atoms with van der Waals surface area (Å²) >= 11 is 9.21. The van der Waals surface area contributed by atoms with Crippen LogP contribution in [0.2, 0.25) is 5.02 Å². The van der Waals surface area contributed by atoms with Crippen LogP contribution in [0.15, 0.2) is 22.0 Å². The molecule has 2 heterocycles. The van der Waals surface area contributed by atoms with Gasteiger partial charge in [-0.1, -0.05) is 34.7 Å². The van der Waals surface area contributed by atoms with Gasteiger partial charge >= 0.3 is 0 Å². The van der Waals surface area contributed by atoms with E-state index in [0.717, 1.165) is 22.4 Å². The highest BCUT2D eigenvalue weighted by Gasteiger charge is 2.06. The minimum atomic E-state index is 0.684. The van der Waals surface area contributed by atoms with Crippen molar-refractivity contribution in [2.24, 2.45) is 0 Å². The van der Waals surface area contributed by atoms with E-state index in [9.17, 15) is 0 Å². The van der Waals surface area contributed by atoms with Crippen LogP contribution < -0.4 is 5.32 Å². The molecule has 90 valence electrons. The van der Waals surface area contributed by atoms with Crippen LogP contribution >= 0.6 is 34.7 Å². The molecule has 0 spiro atoms. The number of pyridine rings is 1. The van der Waals surface area contributed by atoms with Crippen LogP contribution in [0.1, 0.15) is 12.6 Å². The summed E-state index contributed by atoms with van der Waals surface area (Å²) in [6.07, 6.45) is 0. The highest BCUT2D eigenvalue weighted by Crippen LogP contribution is 2.27. The summed E-state index contributed by atoms with van der Waals surface area (Å²) in [5.74, 6) is 1.55. The zero-order valence-electron chi connectivity index (χ0n) is 9.18. The van der Waals surface area contributed by atoms with Gasteiger partial charge in [0.15, 0.2) is 4.34 Å². The molecule has 0 radical (unpaired) electrons. The first-order chi connectivity index (χ1) is 8.29. The molecule has 0 bridgehead atoms. The third kappa shape index (κ3) is 3.55. The van der Waals surface area contributed by atoms with Gasteiger partial charge in [-0.15, -0.1) is 10.2 Å². The van der Waals surface area contributed by atoms with Crippen LogP contribution in [0.4, 0.5) is 5.82 Å². The number of nitrogens with one attached hydrogen (secondary N) is 1. The standard InChI is InChI=1S/C10H11ClN4S2/c1-2-12-9-4-3-7(11)8(14-9)5-16-10-15-13-6-17-10/h3-4,6H,2,5H2,1H3,(H,12,14). The lowest BCUT2D eigenvalue weighted by molar-refractivity contribution is 1.01. The molecular weight excluding hydrogens is 276 g/mol. The molecule has 0 aliphatic carbocycles. The van der Waals surface area contributed by atoms with Gasteiger partial charge in [0.1, 0.15) is 11.3 Å². The van der Waals surface area contributed by atoms with Crippen molar-refractivity contribution < 1.29 is 0 Å². The van der Waals surface area contributed by atoms with Gasteiger partial charge in [0, 0.05) is 12.3 Å². The highest BCUT2D eigenvalue weighted by atomic mass is 35.5. The third-order valence-electron chi connectivity index (χ3n) is 1.95. The minimum absolute atomic E-state index is 0.684. The number of thioether (sulfide) groups is 1. The predicted molar refractivity (Wildman–Crippen MR) is 72.9 cm³/mol. The minimum Gasteiger partial charge on any atom is -0.370 e. The summed E-state index contributed by atoms with van der Waals surface area (Å²) in [5.41, 5.74) is 2.58. The summed E-state index contributed by atoms with van der Waals surface area (Å²) in [6, 6.07) is 3.74. The van der Waals surface area contributed by atoms with Crippen LogP contribution in [-0.2, 0) is 5.75 Å². The molecule has 0 aliphatic heterocycles. The van der Waals surface area contributed by atoms with E-state index >= 15 is 0 Å². The van der Waals surface area contributed by atoms with Gasteiger partial charge in [0.25, 0.3) is 0 Å². The zero-order valence-corrected chi connectivity index (χ0v) is 11.6. The number of anilines is 1. The lowest BCUT2D eigenvalue weighted by Crippen LogP contribution is -2.01. The van der Waals surface area contributed by atoms with Gasteiger partial charge in [-0.2, -0.15) is 0 Å². The molecule has 0 amide bonds. The molecule has 0 saturated carbocycles. The first-order valence-electron chi connectivity index (χ1n) is 5.08. The summed E-state index contributed by atoms with van der Waals surface area (Å²) in [7, 11) is 0. The maximum Gasteiger partial charge on any atom is 0.174 e. The van der Waals surface area contributed by atoms with Crippen molar-refractivity contribution in [1.29, 1.82) is 0 Å². The topological polar surface area (TPSA) is 50.7 Å². The van der Waals surface area contributed by atoms with Crippen molar-refractivity contribution in [3.8, 4) is 0 Å². The maximum absolute atomic E-state index is 6.10. The van der Waals surface area contributed by atoms with Crippen molar-refractivity contribution >= 4 is 40.5 Å². The molecule has 0 unspecified atom stereocenters. The average Bonchev–Trinajstić information content (AvgIpc) is 2.83. The SMILES string of the molecule is CCNc1ccc(Cl)c(CSc2nncs2)n1. The van der Waals surface area contributed by atoms with Gasteiger partial charge in [-0.05, 0) is 19.1 Å². The molecule has 0 atom stereocenters. The molecule has 0 aromatic carbocycles. The lowest BCUT2D eigenvalue weighted by Gasteiger charge is -2.06. The summed E-state index contributed by atoms with van der Waals surface area (Å²) in [6.45, 7) is 2.88. The van der Waals surface area contributed by atoms with E-state index in [1.54, 1.807) is 17.3 Å². The Morgan fingerprint density at radius 2 is 2.35 bits per heavy atom. The second-order valence-corrected chi connectivity index (χ2v) is 5.61. The largest absolute Gasteiger partial charge is 0.370 e. The number of hydrogen-bond acceptors (Lipinski definition) is 6. The molecule has 2 aromatic rings. The molecule has 2 aromatic heterocycles. The molecule has 1 N–H and O–H groups in total. The van der Waals surface area contributed by atoms with E-state index in [4.69, 9.17) is 11.6 Å². The van der Waals surface area contributed by atoms with Crippen molar-refractivity contribution in [3.63, 3.8) is 0 Å². The van der Waals surface area contributed by atoms with Crippen LogP contribution in [0, 0.1) is 0 Å². The Morgan fingerprint density at radius 3 is 3.06 bits per heavy atom. The van der Waals surface area contributed by atoms with Gasteiger partial charge < -0.3 is 5.32 Å². The molecule has 7 heteroatoms. The smallest absolute Gasteiger partial charge is 0.174 e. The van der Waals surface area contributed by atoms with E-state index in [2.05, 4.69) is 20.5 Å². The fraction of sp³-hybridized carbons (Fsp3) is 0.300. The Hall–Kier alpha value is -0.850. The molecule has 0 aliphatic rings. The van der Waals surface area contributed by atoms with Crippen molar-refractivity contribution in [2.75, 3.05) is 11.9 Å². The number of rotatable bonds is 5. The summed E-state index contributed by atoms with van der Waals surface area (Å²) in [4.78, 5) is 4.45. The Balaban J connectivity index is 2.06. The van der Waals surface area contributed by atoms with Crippen LogP contribution in [0.25, 0.3) is 0 Å². The van der Waals surface area contributed by atoms with E-state index in [1.807, 2.05) is 19.1 Å². The molecule has 0 fully saturated rings. The Labute approximate surface area is 113 Å². The Kier molecular flexibility index (Phi) is 4.58. The van der Waals surface area contributed by atoms with Gasteiger partial charge in [-0.3, -0.25) is 0 Å². The van der Waals surface area contributed by atoms with E-state index in [0.29, 0.717) is 10.8 Å². The zero-order chi connectivity index (χ0) is 12.1. The second-order valence-electron chi connectivity index (χ2n) is 3.15. The number of hydrogen-bond donors (Lipinski definition) is 1. The van der Waals surface area contributed by atoms with E-state index in [-0.39, 0.29) is 0 Å². The summed E-state index contributed by atoms with van der Waals surface area (Å²) < 4.78 is 0.928. The van der Waals surface area contributed by atoms with E-state index in [1.165, 1.54) is 11.3 Å². The normalized spacial score (nSPS) is 10.5. The van der Waals surface area contributed by atoms with Crippen LogP contribution in [-0.4, -0.2) is 21.7 Å². The van der Waals surface area contributed by atoms with Gasteiger partial charge in [0.05, 0.1) is 10.7 Å². The number of nitrogens with zero attached hydrogens (tertiary/aromatic N) is 3. The molecule has 2 rings (SSSR count). The molecular formula is C10H11ClN4S2. The quantitative estimate of drug-likeness (QED) is 0.855. The molecule has 4 nitrogen and oxygen atoms in total. The van der Waals surface area contributed by atoms with Crippen LogP contribution in [0.5, 0.6) is 0 Å². The average molecular weight is 287 g/mol. The first-order valence-corrected chi connectivity index (χ1v) is 7.32. The highest BCUT2D eigenvalue weighted by molar-refractivity contribution is 8.00. The van der Waals surface area contributed by atoms with Gasteiger partial charge in [-0.25, -0.2) is 4.98 Å². The van der Waals surface area contributed by atoms with Crippen LogP contribution in [0.3, 0.4) is 0 Å². The Morgan fingerprint density at radius 1 is 1.47 bits per heavy atom. The fourth-order valence-electron chi connectivity index (χ4n) is 1.22. The summed E-state index contributed by atoms with van der Waals surface area (Å²) in [5, 5.41) is 11.6. The lowest BCUT2D eigenvalue weighted by atomic mass is 10.3. The van der Waals surface area contributed by atoms with Crippen molar-refractivity contribution in [2.45, 2.75) is 17.0 Å². The first kappa shape index (κ1) is 12.6. The van der Waals surface area contributed by atoms with Crippen molar-refractivity contribution in [3.05, 3.63) is 28.4 Å². The Bertz CT molecular complexity index is 475. The molecule has 17 heavy (non-hydrogen) atoms.